The molecule has 1 aliphatic rings. The SMILES string of the molecule is COc1ccc(N2C(=O)NC(=O)/C(=C\c3cccn3-c3ccc(O)cc3)C2=O)cc1. The number of ether oxygens (including phenoxy) is 1. The molecule has 1 aromatic heterocycles. The van der Waals surface area contributed by atoms with Crippen LogP contribution in [0.4, 0.5) is 10.5 Å². The van der Waals surface area contributed by atoms with Crippen LogP contribution in [-0.4, -0.2) is 34.6 Å². The van der Waals surface area contributed by atoms with Crippen LogP contribution in [-0.2, 0) is 9.59 Å². The Kier molecular flexibility index (Phi) is 4.81. The molecular formula is C22H17N3O5. The molecule has 0 aliphatic carbocycles. The maximum absolute atomic E-state index is 13.0. The van der Waals surface area contributed by atoms with E-state index in [0.29, 0.717) is 17.1 Å². The molecule has 0 atom stereocenters. The van der Waals surface area contributed by atoms with Gasteiger partial charge in [-0.15, -0.1) is 0 Å². The molecule has 1 fully saturated rings. The lowest BCUT2D eigenvalue weighted by Crippen LogP contribution is -2.54. The average Bonchev–Trinajstić information content (AvgIpc) is 3.20. The largest absolute Gasteiger partial charge is 0.508 e. The number of rotatable bonds is 4. The highest BCUT2D eigenvalue weighted by Gasteiger charge is 2.37. The molecule has 4 amide bonds. The molecule has 30 heavy (non-hydrogen) atoms. The van der Waals surface area contributed by atoms with Crippen LogP contribution >= 0.6 is 0 Å². The van der Waals surface area contributed by atoms with Crippen LogP contribution < -0.4 is 15.0 Å². The minimum Gasteiger partial charge on any atom is -0.508 e. The minimum atomic E-state index is -0.818. The van der Waals surface area contributed by atoms with Gasteiger partial charge in [0.2, 0.25) is 0 Å². The molecule has 150 valence electrons. The van der Waals surface area contributed by atoms with Gasteiger partial charge in [0, 0.05) is 17.6 Å². The summed E-state index contributed by atoms with van der Waals surface area (Å²) in [5.41, 5.74) is 1.43. The lowest BCUT2D eigenvalue weighted by Gasteiger charge is -2.26. The maximum Gasteiger partial charge on any atom is 0.335 e. The monoisotopic (exact) mass is 403 g/mol. The van der Waals surface area contributed by atoms with Gasteiger partial charge in [-0.05, 0) is 66.7 Å². The number of amides is 4. The normalized spacial score (nSPS) is 15.4. The van der Waals surface area contributed by atoms with Crippen molar-refractivity contribution in [2.45, 2.75) is 0 Å². The molecule has 8 heteroatoms. The Morgan fingerprint density at radius 3 is 2.27 bits per heavy atom. The van der Waals surface area contributed by atoms with Gasteiger partial charge in [0.25, 0.3) is 11.8 Å². The summed E-state index contributed by atoms with van der Waals surface area (Å²) in [6, 6.07) is 15.5. The van der Waals surface area contributed by atoms with E-state index in [1.807, 2.05) is 0 Å². The van der Waals surface area contributed by atoms with E-state index < -0.39 is 17.8 Å². The first-order valence-electron chi connectivity index (χ1n) is 9.00. The summed E-state index contributed by atoms with van der Waals surface area (Å²) in [4.78, 5) is 38.7. The van der Waals surface area contributed by atoms with Crippen molar-refractivity contribution in [1.82, 2.24) is 9.88 Å². The number of phenols is 1. The van der Waals surface area contributed by atoms with Crippen molar-refractivity contribution >= 4 is 29.6 Å². The summed E-state index contributed by atoms with van der Waals surface area (Å²) in [7, 11) is 1.51. The number of nitrogens with zero attached hydrogens (tertiary/aromatic N) is 2. The smallest absolute Gasteiger partial charge is 0.335 e. The predicted octanol–water partition coefficient (Wildman–Crippen LogP) is 2.86. The number of nitrogens with one attached hydrogen (secondary N) is 1. The summed E-state index contributed by atoms with van der Waals surface area (Å²) >= 11 is 0. The number of carbonyl (C=O) groups excluding carboxylic acids is 3. The first-order chi connectivity index (χ1) is 14.5. The fourth-order valence-electron chi connectivity index (χ4n) is 3.13. The van der Waals surface area contributed by atoms with Crippen LogP contribution in [0.25, 0.3) is 11.8 Å². The Morgan fingerprint density at radius 1 is 0.933 bits per heavy atom. The van der Waals surface area contributed by atoms with Crippen molar-refractivity contribution in [3.8, 4) is 17.2 Å². The van der Waals surface area contributed by atoms with Crippen LogP contribution in [0.3, 0.4) is 0 Å². The second-order valence-electron chi connectivity index (χ2n) is 6.48. The van der Waals surface area contributed by atoms with E-state index in [0.717, 1.165) is 10.6 Å². The van der Waals surface area contributed by atoms with Crippen molar-refractivity contribution in [3.63, 3.8) is 0 Å². The van der Waals surface area contributed by atoms with Crippen LogP contribution in [0, 0.1) is 0 Å². The highest BCUT2D eigenvalue weighted by atomic mass is 16.5. The summed E-state index contributed by atoms with van der Waals surface area (Å²) in [5, 5.41) is 11.7. The van der Waals surface area contributed by atoms with Crippen LogP contribution in [0.2, 0.25) is 0 Å². The molecule has 1 saturated heterocycles. The molecule has 2 N–H and O–H groups in total. The second-order valence-corrected chi connectivity index (χ2v) is 6.48. The van der Waals surface area contributed by atoms with Gasteiger partial charge in [-0.25, -0.2) is 9.69 Å². The fourth-order valence-corrected chi connectivity index (χ4v) is 3.13. The number of anilines is 1. The Labute approximate surface area is 171 Å². The number of methoxy groups -OCH3 is 1. The predicted molar refractivity (Wildman–Crippen MR) is 109 cm³/mol. The fraction of sp³-hybridized carbons (Fsp3) is 0.0455. The van der Waals surface area contributed by atoms with Crippen molar-refractivity contribution in [3.05, 3.63) is 78.1 Å². The van der Waals surface area contributed by atoms with E-state index in [9.17, 15) is 19.5 Å². The summed E-state index contributed by atoms with van der Waals surface area (Å²) < 4.78 is 6.84. The van der Waals surface area contributed by atoms with Gasteiger partial charge in [0.05, 0.1) is 12.8 Å². The van der Waals surface area contributed by atoms with Crippen LogP contribution in [0.1, 0.15) is 5.69 Å². The Balaban J connectivity index is 1.71. The Bertz CT molecular complexity index is 1160. The van der Waals surface area contributed by atoms with Gasteiger partial charge >= 0.3 is 6.03 Å². The number of hydrogen-bond acceptors (Lipinski definition) is 5. The topological polar surface area (TPSA) is 101 Å². The van der Waals surface area contributed by atoms with Crippen molar-refractivity contribution in [2.24, 2.45) is 0 Å². The number of hydrogen-bond donors (Lipinski definition) is 2. The van der Waals surface area contributed by atoms with Crippen LogP contribution in [0.15, 0.2) is 72.4 Å². The number of urea groups is 1. The highest BCUT2D eigenvalue weighted by molar-refractivity contribution is 6.39. The van der Waals surface area contributed by atoms with Gasteiger partial charge in [-0.2, -0.15) is 0 Å². The second kappa shape index (κ2) is 7.59. The molecule has 3 aromatic rings. The molecule has 0 bridgehead atoms. The summed E-state index contributed by atoms with van der Waals surface area (Å²) in [6.45, 7) is 0. The van der Waals surface area contributed by atoms with E-state index in [2.05, 4.69) is 5.32 Å². The number of aromatic hydroxyl groups is 1. The number of carbonyl (C=O) groups is 3. The van der Waals surface area contributed by atoms with Gasteiger partial charge < -0.3 is 14.4 Å². The number of benzene rings is 2. The van der Waals surface area contributed by atoms with Crippen molar-refractivity contribution in [2.75, 3.05) is 12.0 Å². The first kappa shape index (κ1) is 19.0. The third-order valence-electron chi connectivity index (χ3n) is 4.63. The third-order valence-corrected chi connectivity index (χ3v) is 4.63. The zero-order valence-electron chi connectivity index (χ0n) is 15.9. The molecule has 0 unspecified atom stereocenters. The standard InChI is InChI=1S/C22H17N3O5/c1-30-18-10-6-15(7-11-18)25-21(28)19(20(27)23-22(25)29)13-16-3-2-12-24(16)14-4-8-17(26)9-5-14/h2-13,26H,1H3,(H,23,27,29)/b19-13+. The lowest BCUT2D eigenvalue weighted by molar-refractivity contribution is -0.122. The highest BCUT2D eigenvalue weighted by Crippen LogP contribution is 2.25. The van der Waals surface area contributed by atoms with E-state index >= 15 is 0 Å². The van der Waals surface area contributed by atoms with Gasteiger partial charge in [0.15, 0.2) is 0 Å². The molecule has 0 radical (unpaired) electrons. The molecule has 4 rings (SSSR count). The Morgan fingerprint density at radius 2 is 1.60 bits per heavy atom. The third kappa shape index (κ3) is 3.42. The van der Waals surface area contributed by atoms with E-state index in [1.54, 1.807) is 59.3 Å². The van der Waals surface area contributed by atoms with E-state index in [1.165, 1.54) is 25.3 Å². The van der Waals surface area contributed by atoms with Crippen LogP contribution in [0.5, 0.6) is 11.5 Å². The molecule has 8 nitrogen and oxygen atoms in total. The summed E-state index contributed by atoms with van der Waals surface area (Å²) in [6.07, 6.45) is 3.18. The molecule has 1 aliphatic heterocycles. The quantitative estimate of drug-likeness (QED) is 0.515. The first-order valence-corrected chi connectivity index (χ1v) is 9.00. The van der Waals surface area contributed by atoms with Crippen molar-refractivity contribution in [1.29, 1.82) is 0 Å². The number of imide groups is 2. The van der Waals surface area contributed by atoms with Gasteiger partial charge in [-0.1, -0.05) is 0 Å². The van der Waals surface area contributed by atoms with E-state index in [4.69, 9.17) is 4.74 Å². The van der Waals surface area contributed by atoms with Gasteiger partial charge in [0.1, 0.15) is 17.1 Å². The van der Waals surface area contributed by atoms with E-state index in [-0.39, 0.29) is 11.3 Å². The molecule has 0 saturated carbocycles. The summed E-state index contributed by atoms with van der Waals surface area (Å²) in [5.74, 6) is -0.802. The average molecular weight is 403 g/mol. The maximum atomic E-state index is 13.0. The van der Waals surface area contributed by atoms with Crippen molar-refractivity contribution < 1.29 is 24.2 Å². The number of phenolic OH excluding ortho intramolecular Hbond substituents is 1. The molecular weight excluding hydrogens is 386 g/mol. The number of aromatic nitrogens is 1. The molecule has 2 heterocycles. The zero-order chi connectivity index (χ0) is 21.3. The molecule has 0 spiro atoms. The minimum absolute atomic E-state index is 0.126. The number of barbiturate groups is 1. The van der Waals surface area contributed by atoms with Gasteiger partial charge in [-0.3, -0.25) is 14.9 Å². The zero-order valence-corrected chi connectivity index (χ0v) is 15.9. The molecule has 2 aromatic carbocycles. The lowest BCUT2D eigenvalue weighted by atomic mass is 10.1. The Hall–Kier alpha value is -4.33.